The third-order valence-electron chi connectivity index (χ3n) is 3.88. The summed E-state index contributed by atoms with van der Waals surface area (Å²) in [6.45, 7) is 10.1. The first-order chi connectivity index (χ1) is 13.0. The molecule has 0 bridgehead atoms. The molecule has 0 saturated carbocycles. The third-order valence-corrected chi connectivity index (χ3v) is 3.88. The average molecular weight is 364 g/mol. The number of guanidine groups is 1. The largest absolute Gasteiger partial charge is 0.491 e. The number of nitrogens with zero attached hydrogens (tertiary/aromatic N) is 2. The third kappa shape index (κ3) is 6.67. The Kier molecular flexibility index (Phi) is 7.69. The van der Waals surface area contributed by atoms with Crippen molar-refractivity contribution in [2.45, 2.75) is 46.9 Å². The Morgan fingerprint density at radius 3 is 2.52 bits per heavy atom. The molecule has 0 heterocycles. The van der Waals surface area contributed by atoms with Crippen molar-refractivity contribution in [3.05, 3.63) is 64.7 Å². The van der Waals surface area contributed by atoms with E-state index in [0.29, 0.717) is 18.7 Å². The predicted molar refractivity (Wildman–Crippen MR) is 110 cm³/mol. The normalized spacial score (nSPS) is 11.2. The molecule has 0 aliphatic heterocycles. The lowest BCUT2D eigenvalue weighted by molar-refractivity contribution is 0.239. The molecule has 0 aliphatic carbocycles. The SMILES string of the molecule is CCNC(=NCc1ccc(C#N)cc1)NCc1ccc(C)cc1OC(C)C. The number of ether oxygens (including phenoxy) is 1. The van der Waals surface area contributed by atoms with Gasteiger partial charge in [0.05, 0.1) is 24.3 Å². The lowest BCUT2D eigenvalue weighted by Gasteiger charge is -2.17. The Bertz CT molecular complexity index is 804. The zero-order chi connectivity index (χ0) is 19.6. The highest BCUT2D eigenvalue weighted by molar-refractivity contribution is 5.79. The highest BCUT2D eigenvalue weighted by atomic mass is 16.5. The molecule has 0 radical (unpaired) electrons. The van der Waals surface area contributed by atoms with Crippen molar-refractivity contribution in [2.24, 2.45) is 4.99 Å². The van der Waals surface area contributed by atoms with E-state index in [-0.39, 0.29) is 6.10 Å². The second kappa shape index (κ2) is 10.2. The fourth-order valence-corrected chi connectivity index (χ4v) is 2.55. The molecule has 2 N–H and O–H groups in total. The van der Waals surface area contributed by atoms with E-state index in [4.69, 9.17) is 10.00 Å². The van der Waals surface area contributed by atoms with Crippen molar-refractivity contribution in [1.29, 1.82) is 5.26 Å². The first-order valence-corrected chi connectivity index (χ1v) is 9.29. The van der Waals surface area contributed by atoms with Crippen LogP contribution >= 0.6 is 0 Å². The van der Waals surface area contributed by atoms with Crippen molar-refractivity contribution >= 4 is 5.96 Å². The first kappa shape index (κ1) is 20.3. The van der Waals surface area contributed by atoms with Crippen LogP contribution in [-0.2, 0) is 13.1 Å². The first-order valence-electron chi connectivity index (χ1n) is 9.29. The van der Waals surface area contributed by atoms with Gasteiger partial charge in [0.1, 0.15) is 5.75 Å². The van der Waals surface area contributed by atoms with Gasteiger partial charge in [-0.2, -0.15) is 5.26 Å². The van der Waals surface area contributed by atoms with Crippen LogP contribution in [0.3, 0.4) is 0 Å². The van der Waals surface area contributed by atoms with Crippen LogP contribution in [0.4, 0.5) is 0 Å². The fraction of sp³-hybridized carbons (Fsp3) is 0.364. The molecule has 142 valence electrons. The highest BCUT2D eigenvalue weighted by Gasteiger charge is 2.07. The molecule has 0 amide bonds. The number of rotatable bonds is 7. The summed E-state index contributed by atoms with van der Waals surface area (Å²) in [4.78, 5) is 4.63. The molecule has 27 heavy (non-hydrogen) atoms. The van der Waals surface area contributed by atoms with E-state index in [2.05, 4.69) is 46.8 Å². The molecular formula is C22H28N4O. The van der Waals surface area contributed by atoms with Crippen LogP contribution in [0.15, 0.2) is 47.5 Å². The minimum atomic E-state index is 0.129. The van der Waals surface area contributed by atoms with E-state index in [9.17, 15) is 0 Å². The maximum absolute atomic E-state index is 8.88. The second-order valence-corrected chi connectivity index (χ2v) is 6.64. The zero-order valence-corrected chi connectivity index (χ0v) is 16.5. The van der Waals surface area contributed by atoms with Gasteiger partial charge in [-0.1, -0.05) is 24.3 Å². The van der Waals surface area contributed by atoms with Crippen LogP contribution < -0.4 is 15.4 Å². The van der Waals surface area contributed by atoms with E-state index >= 15 is 0 Å². The van der Waals surface area contributed by atoms with E-state index in [0.717, 1.165) is 29.4 Å². The molecule has 0 fully saturated rings. The van der Waals surface area contributed by atoms with Gasteiger partial charge in [-0.15, -0.1) is 0 Å². The predicted octanol–water partition coefficient (Wildman–Crippen LogP) is 3.91. The summed E-state index contributed by atoms with van der Waals surface area (Å²) in [6.07, 6.45) is 0.129. The number of nitriles is 1. The van der Waals surface area contributed by atoms with Crippen LogP contribution in [0.5, 0.6) is 5.75 Å². The topological polar surface area (TPSA) is 69.4 Å². The number of hydrogen-bond donors (Lipinski definition) is 2. The monoisotopic (exact) mass is 364 g/mol. The molecule has 0 atom stereocenters. The van der Waals surface area contributed by atoms with Crippen molar-refractivity contribution < 1.29 is 4.74 Å². The molecule has 0 aromatic heterocycles. The van der Waals surface area contributed by atoms with Crippen LogP contribution in [0.2, 0.25) is 0 Å². The fourth-order valence-electron chi connectivity index (χ4n) is 2.55. The summed E-state index contributed by atoms with van der Waals surface area (Å²) >= 11 is 0. The molecule has 2 aromatic rings. The standard InChI is InChI=1S/C22H28N4O/c1-5-24-22(25-14-19-9-7-18(13-23)8-10-19)26-15-20-11-6-17(4)12-21(20)27-16(2)3/h6-12,16H,5,14-15H2,1-4H3,(H2,24,25,26). The smallest absolute Gasteiger partial charge is 0.191 e. The van der Waals surface area contributed by atoms with Gasteiger partial charge < -0.3 is 15.4 Å². The summed E-state index contributed by atoms with van der Waals surface area (Å²) in [6, 6.07) is 15.9. The molecule has 5 nitrogen and oxygen atoms in total. The van der Waals surface area contributed by atoms with Gasteiger partial charge in [0, 0.05) is 18.7 Å². The van der Waals surface area contributed by atoms with Gasteiger partial charge in [-0.05, 0) is 57.0 Å². The molecule has 2 aromatic carbocycles. The number of nitrogens with one attached hydrogen (secondary N) is 2. The number of benzene rings is 2. The van der Waals surface area contributed by atoms with E-state index in [1.807, 2.05) is 45.0 Å². The summed E-state index contributed by atoms with van der Waals surface area (Å²) < 4.78 is 5.94. The lowest BCUT2D eigenvalue weighted by Crippen LogP contribution is -2.36. The molecule has 0 saturated heterocycles. The van der Waals surface area contributed by atoms with Gasteiger partial charge in [0.25, 0.3) is 0 Å². The van der Waals surface area contributed by atoms with Gasteiger partial charge >= 0.3 is 0 Å². The van der Waals surface area contributed by atoms with Crippen molar-refractivity contribution in [3.8, 4) is 11.8 Å². The van der Waals surface area contributed by atoms with Crippen LogP contribution in [0.25, 0.3) is 0 Å². The summed E-state index contributed by atoms with van der Waals surface area (Å²) in [7, 11) is 0. The zero-order valence-electron chi connectivity index (χ0n) is 16.5. The molecule has 2 rings (SSSR count). The number of aryl methyl sites for hydroxylation is 1. The lowest BCUT2D eigenvalue weighted by atomic mass is 10.1. The van der Waals surface area contributed by atoms with Crippen molar-refractivity contribution in [3.63, 3.8) is 0 Å². The van der Waals surface area contributed by atoms with Gasteiger partial charge in [0.2, 0.25) is 0 Å². The minimum absolute atomic E-state index is 0.129. The molecule has 0 aliphatic rings. The molecular weight excluding hydrogens is 336 g/mol. The number of hydrogen-bond acceptors (Lipinski definition) is 3. The van der Waals surface area contributed by atoms with Crippen LogP contribution in [-0.4, -0.2) is 18.6 Å². The van der Waals surface area contributed by atoms with Gasteiger partial charge in [-0.25, -0.2) is 4.99 Å². The maximum atomic E-state index is 8.88. The van der Waals surface area contributed by atoms with Crippen molar-refractivity contribution in [2.75, 3.05) is 6.54 Å². The summed E-state index contributed by atoms with van der Waals surface area (Å²) in [5.41, 5.74) is 3.99. The maximum Gasteiger partial charge on any atom is 0.191 e. The van der Waals surface area contributed by atoms with Gasteiger partial charge in [0.15, 0.2) is 5.96 Å². The Hall–Kier alpha value is -3.00. The molecule has 0 unspecified atom stereocenters. The summed E-state index contributed by atoms with van der Waals surface area (Å²) in [5.74, 6) is 1.65. The van der Waals surface area contributed by atoms with Crippen molar-refractivity contribution in [1.82, 2.24) is 10.6 Å². The van der Waals surface area contributed by atoms with Crippen LogP contribution in [0.1, 0.15) is 43.0 Å². The van der Waals surface area contributed by atoms with Gasteiger partial charge in [-0.3, -0.25) is 0 Å². The summed E-state index contributed by atoms with van der Waals surface area (Å²) in [5, 5.41) is 15.5. The van der Waals surface area contributed by atoms with E-state index in [1.165, 1.54) is 5.56 Å². The van der Waals surface area contributed by atoms with E-state index < -0.39 is 0 Å². The Morgan fingerprint density at radius 2 is 1.89 bits per heavy atom. The minimum Gasteiger partial charge on any atom is -0.491 e. The van der Waals surface area contributed by atoms with Crippen LogP contribution in [0, 0.1) is 18.3 Å². The average Bonchev–Trinajstić information content (AvgIpc) is 2.65. The Labute approximate surface area is 162 Å². The molecule has 5 heteroatoms. The highest BCUT2D eigenvalue weighted by Crippen LogP contribution is 2.21. The molecule has 0 spiro atoms. The number of aliphatic imine (C=N–C) groups is 1. The van der Waals surface area contributed by atoms with E-state index in [1.54, 1.807) is 0 Å². The Morgan fingerprint density at radius 1 is 1.15 bits per heavy atom. The Balaban J connectivity index is 2.06. The second-order valence-electron chi connectivity index (χ2n) is 6.64. The quantitative estimate of drug-likeness (QED) is 0.577.